The fourth-order valence-corrected chi connectivity index (χ4v) is 5.88. The van der Waals surface area contributed by atoms with E-state index in [0.29, 0.717) is 5.92 Å². The number of piperidine rings is 1. The molecule has 0 atom stereocenters. The van der Waals surface area contributed by atoms with Crippen molar-refractivity contribution in [2.75, 3.05) is 11.5 Å². The number of methoxy groups -OCH3 is 1. The van der Waals surface area contributed by atoms with Gasteiger partial charge >= 0.3 is 0 Å². The zero-order chi connectivity index (χ0) is 20.6. The van der Waals surface area contributed by atoms with Crippen molar-refractivity contribution in [2.45, 2.75) is 58.0 Å². The van der Waals surface area contributed by atoms with Gasteiger partial charge in [0.2, 0.25) is 0 Å². The Morgan fingerprint density at radius 2 is 1.97 bits per heavy atom. The second-order valence-corrected chi connectivity index (χ2v) is 10.4. The average Bonchev–Trinajstić information content (AvgIpc) is 3.30. The highest BCUT2D eigenvalue weighted by Gasteiger charge is 2.38. The van der Waals surface area contributed by atoms with Crippen LogP contribution in [0.25, 0.3) is 5.69 Å². The van der Waals surface area contributed by atoms with Crippen LogP contribution in [-0.2, 0) is 0 Å². The summed E-state index contributed by atoms with van der Waals surface area (Å²) >= 11 is 1.75. The number of hydrogen-bond acceptors (Lipinski definition) is 6. The van der Waals surface area contributed by atoms with Gasteiger partial charge in [-0.3, -0.25) is 5.43 Å². The van der Waals surface area contributed by atoms with Gasteiger partial charge in [0, 0.05) is 52.6 Å². The zero-order valence-electron chi connectivity index (χ0n) is 17.9. The number of benzene rings is 1. The molecule has 1 aromatic heterocycles. The molecule has 1 aromatic carbocycles. The van der Waals surface area contributed by atoms with E-state index in [1.807, 2.05) is 23.0 Å². The maximum absolute atomic E-state index is 5.67. The molecule has 2 aromatic rings. The van der Waals surface area contributed by atoms with Gasteiger partial charge < -0.3 is 10.1 Å². The molecule has 0 saturated carbocycles. The summed E-state index contributed by atoms with van der Waals surface area (Å²) in [4.78, 5) is 1.36. The molecule has 1 fully saturated rings. The molecule has 6 nitrogen and oxygen atoms in total. The Labute approximate surface area is 177 Å². The first-order valence-electron chi connectivity index (χ1n) is 10.2. The molecule has 4 rings (SSSR count). The number of nitrogens with one attached hydrogen (secondary N) is 2. The number of hydrogen-bond donors (Lipinski definition) is 2. The predicted molar refractivity (Wildman–Crippen MR) is 120 cm³/mol. The van der Waals surface area contributed by atoms with Crippen molar-refractivity contribution in [3.05, 3.63) is 47.8 Å². The van der Waals surface area contributed by atoms with E-state index < -0.39 is 0 Å². The molecule has 2 N–H and O–H groups in total. The topological polar surface area (TPSA) is 54.4 Å². The summed E-state index contributed by atoms with van der Waals surface area (Å²) in [5.74, 6) is 1.49. The first-order valence-corrected chi connectivity index (χ1v) is 10.9. The Morgan fingerprint density at radius 1 is 1.21 bits per heavy atom. The minimum absolute atomic E-state index is 0.176. The largest absolute Gasteiger partial charge is 0.494 e. The molecule has 29 heavy (non-hydrogen) atoms. The normalized spacial score (nSPS) is 21.0. The summed E-state index contributed by atoms with van der Waals surface area (Å²) in [5.41, 5.74) is 5.73. The lowest BCUT2D eigenvalue weighted by Crippen LogP contribution is -2.57. The summed E-state index contributed by atoms with van der Waals surface area (Å²) < 4.78 is 9.58. The van der Waals surface area contributed by atoms with Crippen LogP contribution >= 0.6 is 11.9 Å². The number of aromatic nitrogens is 2. The number of allylic oxidation sites excluding steroid dienone is 1. The van der Waals surface area contributed by atoms with Crippen LogP contribution in [0.15, 0.2) is 47.8 Å². The van der Waals surface area contributed by atoms with Crippen molar-refractivity contribution in [1.82, 2.24) is 20.5 Å². The first kappa shape index (κ1) is 20.2. The summed E-state index contributed by atoms with van der Waals surface area (Å²) in [6.45, 7) is 9.25. The Bertz CT molecular complexity index is 875. The fourth-order valence-electron chi connectivity index (χ4n) is 4.88. The molecule has 7 heteroatoms. The highest BCUT2D eigenvalue weighted by molar-refractivity contribution is 8.04. The molecule has 3 heterocycles. The van der Waals surface area contributed by atoms with Crippen molar-refractivity contribution in [1.29, 1.82) is 0 Å². The average molecular weight is 414 g/mol. The second-order valence-electron chi connectivity index (χ2n) is 9.30. The Hall–Kier alpha value is -2.12. The van der Waals surface area contributed by atoms with E-state index >= 15 is 0 Å². The van der Waals surface area contributed by atoms with E-state index in [1.165, 1.54) is 17.7 Å². The van der Waals surface area contributed by atoms with Gasteiger partial charge in [-0.15, -0.1) is 0 Å². The van der Waals surface area contributed by atoms with Gasteiger partial charge in [-0.05, 0) is 71.1 Å². The summed E-state index contributed by atoms with van der Waals surface area (Å²) in [6.07, 6.45) is 9.31. The fraction of sp³-hybridized carbons (Fsp3) is 0.500. The van der Waals surface area contributed by atoms with Crippen molar-refractivity contribution in [3.8, 4) is 11.4 Å². The Morgan fingerprint density at radius 3 is 2.62 bits per heavy atom. The third-order valence-corrected chi connectivity index (χ3v) is 6.47. The lowest BCUT2D eigenvalue weighted by Gasteiger charge is -2.46. The van der Waals surface area contributed by atoms with Crippen molar-refractivity contribution in [3.63, 3.8) is 0 Å². The van der Waals surface area contributed by atoms with Crippen LogP contribution in [0.1, 0.15) is 47.0 Å². The van der Waals surface area contributed by atoms with Gasteiger partial charge in [0.05, 0.1) is 12.8 Å². The van der Waals surface area contributed by atoms with E-state index in [2.05, 4.69) is 66.3 Å². The van der Waals surface area contributed by atoms with Crippen molar-refractivity contribution >= 4 is 17.6 Å². The van der Waals surface area contributed by atoms with Gasteiger partial charge in [-0.2, -0.15) is 5.10 Å². The Kier molecular flexibility index (Phi) is 5.29. The van der Waals surface area contributed by atoms with E-state index in [9.17, 15) is 0 Å². The van der Waals surface area contributed by atoms with Gasteiger partial charge in [-0.25, -0.2) is 9.10 Å². The monoisotopic (exact) mass is 413 g/mol. The molecule has 1 saturated heterocycles. The number of ether oxygens (including phenoxy) is 1. The summed E-state index contributed by atoms with van der Waals surface area (Å²) in [7, 11) is 1.71. The number of hydrazine groups is 1. The zero-order valence-corrected chi connectivity index (χ0v) is 18.7. The first-order chi connectivity index (χ1) is 13.7. The van der Waals surface area contributed by atoms with Crippen LogP contribution in [0, 0.1) is 5.92 Å². The molecular weight excluding hydrogens is 382 g/mol. The molecular formula is C22H31N5OS. The molecule has 0 amide bonds. The third-order valence-electron chi connectivity index (χ3n) is 5.47. The molecule has 0 unspecified atom stereocenters. The smallest absolute Gasteiger partial charge is 0.147 e. The molecule has 0 bridgehead atoms. The van der Waals surface area contributed by atoms with Crippen LogP contribution < -0.4 is 19.9 Å². The van der Waals surface area contributed by atoms with Crippen LogP contribution in [0.5, 0.6) is 5.75 Å². The standard InChI is InChI=1S/C22H31N5OS/c1-21(2)13-16(14-22(3,4)25-21)11-18-15-24-27(29-18)19-8-7-17(12-20(19)28-5)26-10-6-9-23-26/h6-10,12,15-16,24-25H,11,13-14H2,1-5H3. The van der Waals surface area contributed by atoms with Crippen LogP contribution in [0.3, 0.4) is 0 Å². The van der Waals surface area contributed by atoms with E-state index in [-0.39, 0.29) is 11.1 Å². The lowest BCUT2D eigenvalue weighted by molar-refractivity contribution is 0.129. The molecule has 0 aliphatic carbocycles. The van der Waals surface area contributed by atoms with Crippen LogP contribution in [0.2, 0.25) is 0 Å². The molecule has 156 valence electrons. The second kappa shape index (κ2) is 7.61. The predicted octanol–water partition coefficient (Wildman–Crippen LogP) is 4.64. The van der Waals surface area contributed by atoms with E-state index in [4.69, 9.17) is 4.74 Å². The summed E-state index contributed by atoms with van der Waals surface area (Å²) in [5, 5.41) is 8.08. The van der Waals surface area contributed by atoms with Crippen molar-refractivity contribution < 1.29 is 4.74 Å². The minimum atomic E-state index is 0.176. The van der Waals surface area contributed by atoms with Gasteiger partial charge in [0.1, 0.15) is 11.4 Å². The third kappa shape index (κ3) is 4.56. The SMILES string of the molecule is COc1cc(-n2cccn2)ccc1N1NC=C(CC2CC(C)(C)NC(C)(C)C2)S1. The van der Waals surface area contributed by atoms with Gasteiger partial charge in [-0.1, -0.05) is 0 Å². The van der Waals surface area contributed by atoms with Gasteiger partial charge in [0.15, 0.2) is 0 Å². The van der Waals surface area contributed by atoms with E-state index in [1.54, 1.807) is 25.3 Å². The number of anilines is 1. The highest BCUT2D eigenvalue weighted by Crippen LogP contribution is 2.43. The maximum Gasteiger partial charge on any atom is 0.147 e. The molecule has 2 aliphatic heterocycles. The quantitative estimate of drug-likeness (QED) is 0.697. The van der Waals surface area contributed by atoms with Crippen LogP contribution in [0.4, 0.5) is 5.69 Å². The highest BCUT2D eigenvalue weighted by atomic mass is 32.2. The number of rotatable bonds is 5. The minimum Gasteiger partial charge on any atom is -0.494 e. The maximum atomic E-state index is 5.67. The molecule has 0 radical (unpaired) electrons. The van der Waals surface area contributed by atoms with Crippen molar-refractivity contribution in [2.24, 2.45) is 5.92 Å². The number of nitrogens with zero attached hydrogens (tertiary/aromatic N) is 3. The molecule has 0 spiro atoms. The van der Waals surface area contributed by atoms with E-state index in [0.717, 1.165) is 23.5 Å². The lowest BCUT2D eigenvalue weighted by atomic mass is 9.75. The van der Waals surface area contributed by atoms with Gasteiger partial charge in [0.25, 0.3) is 0 Å². The summed E-state index contributed by atoms with van der Waals surface area (Å²) in [6, 6.07) is 8.06. The Balaban J connectivity index is 1.44. The molecule has 2 aliphatic rings. The van der Waals surface area contributed by atoms with Crippen LogP contribution in [-0.4, -0.2) is 28.0 Å².